The fourth-order valence-electron chi connectivity index (χ4n) is 3.67. The van der Waals surface area contributed by atoms with E-state index in [-0.39, 0.29) is 17.1 Å². The van der Waals surface area contributed by atoms with Crippen LogP contribution >= 0.6 is 12.2 Å². The molecule has 0 saturated heterocycles. The van der Waals surface area contributed by atoms with Crippen LogP contribution in [0.1, 0.15) is 62.4 Å². The molecule has 1 aromatic heterocycles. The Morgan fingerprint density at radius 3 is 2.53 bits per heavy atom. The normalized spacial score (nSPS) is 12.7. The van der Waals surface area contributed by atoms with Crippen LogP contribution in [-0.4, -0.2) is 22.1 Å². The van der Waals surface area contributed by atoms with Gasteiger partial charge in [-0.3, -0.25) is 10.1 Å². The van der Waals surface area contributed by atoms with E-state index in [1.165, 1.54) is 5.56 Å². The van der Waals surface area contributed by atoms with Gasteiger partial charge in [0.1, 0.15) is 11.3 Å². The van der Waals surface area contributed by atoms with Gasteiger partial charge < -0.3 is 14.5 Å². The Balaban J connectivity index is 1.39. The summed E-state index contributed by atoms with van der Waals surface area (Å²) < 4.78 is 11.8. The summed E-state index contributed by atoms with van der Waals surface area (Å²) in [7, 11) is 0. The Bertz CT molecular complexity index is 1360. The molecule has 0 radical (unpaired) electrons. The maximum Gasteiger partial charge on any atom is 0.257 e. The molecular formula is C29H31N3O3S. The second kappa shape index (κ2) is 11.4. The summed E-state index contributed by atoms with van der Waals surface area (Å²) in [6.07, 6.45) is 2.03. The van der Waals surface area contributed by atoms with Gasteiger partial charge in [0.05, 0.1) is 6.10 Å². The molecule has 0 saturated carbocycles. The van der Waals surface area contributed by atoms with E-state index in [2.05, 4.69) is 48.5 Å². The molecule has 2 N–H and O–H groups in total. The fraction of sp³-hybridized carbons (Fsp3) is 0.276. The van der Waals surface area contributed by atoms with Crippen LogP contribution in [0.3, 0.4) is 0 Å². The number of aromatic nitrogens is 1. The van der Waals surface area contributed by atoms with Crippen LogP contribution < -0.4 is 15.4 Å². The second-order valence-electron chi connectivity index (χ2n) is 8.91. The quantitative estimate of drug-likeness (QED) is 0.247. The molecule has 0 fully saturated rings. The molecule has 3 aromatic carbocycles. The molecule has 6 nitrogen and oxygen atoms in total. The van der Waals surface area contributed by atoms with Crippen molar-refractivity contribution < 1.29 is 13.9 Å². The molecule has 0 unspecified atom stereocenters. The van der Waals surface area contributed by atoms with Gasteiger partial charge in [0, 0.05) is 16.8 Å². The van der Waals surface area contributed by atoms with Crippen LogP contribution in [0.15, 0.2) is 71.1 Å². The molecule has 186 valence electrons. The number of hydrogen-bond donors (Lipinski definition) is 2. The Morgan fingerprint density at radius 2 is 1.81 bits per heavy atom. The SMILES string of the molecule is CC[C@@H](C)c1ccc2oc(-c3ccc(NC(=S)NC(=O)c4cccc(O[C@@H](C)CC)c4)cc3)nc2c1. The summed E-state index contributed by atoms with van der Waals surface area (Å²) in [5.74, 6) is 1.39. The minimum Gasteiger partial charge on any atom is -0.491 e. The minimum absolute atomic E-state index is 0.0750. The van der Waals surface area contributed by atoms with Gasteiger partial charge in [0.15, 0.2) is 10.7 Å². The van der Waals surface area contributed by atoms with Crippen molar-refractivity contribution in [2.75, 3.05) is 5.32 Å². The van der Waals surface area contributed by atoms with Crippen molar-refractivity contribution in [2.45, 2.75) is 52.6 Å². The summed E-state index contributed by atoms with van der Waals surface area (Å²) >= 11 is 5.34. The number of amides is 1. The Hall–Kier alpha value is -3.71. The highest BCUT2D eigenvalue weighted by molar-refractivity contribution is 7.80. The number of benzene rings is 3. The number of oxazole rings is 1. The van der Waals surface area contributed by atoms with Gasteiger partial charge >= 0.3 is 0 Å². The summed E-state index contributed by atoms with van der Waals surface area (Å²) in [4.78, 5) is 17.3. The molecule has 36 heavy (non-hydrogen) atoms. The maximum atomic E-state index is 12.6. The Kier molecular flexibility index (Phi) is 8.00. The van der Waals surface area contributed by atoms with Crippen LogP contribution in [-0.2, 0) is 0 Å². The van der Waals surface area contributed by atoms with Crippen LogP contribution in [0.25, 0.3) is 22.6 Å². The first kappa shape index (κ1) is 25.4. The van der Waals surface area contributed by atoms with E-state index < -0.39 is 0 Å². The van der Waals surface area contributed by atoms with E-state index in [1.807, 2.05) is 43.3 Å². The van der Waals surface area contributed by atoms with Gasteiger partial charge in [-0.1, -0.05) is 32.9 Å². The van der Waals surface area contributed by atoms with Crippen molar-refractivity contribution in [2.24, 2.45) is 0 Å². The van der Waals surface area contributed by atoms with Crippen LogP contribution in [0.5, 0.6) is 5.75 Å². The summed E-state index contributed by atoms with van der Waals surface area (Å²) in [6.45, 7) is 8.43. The smallest absolute Gasteiger partial charge is 0.257 e. The van der Waals surface area contributed by atoms with Gasteiger partial charge in [-0.25, -0.2) is 4.98 Å². The predicted octanol–water partition coefficient (Wildman–Crippen LogP) is 7.31. The standard InChI is InChI=1S/C29H31N3O3S/c1-5-18(3)21-12-15-26-25(17-21)31-28(35-26)20-10-13-23(14-11-20)30-29(36)32-27(33)22-8-7-9-24(16-22)34-19(4)6-2/h7-19H,5-6H2,1-4H3,(H2,30,32,33,36)/t18-,19+/m1/s1. The third-order valence-corrected chi connectivity index (χ3v) is 6.42. The number of thiocarbonyl (C=S) groups is 1. The highest BCUT2D eigenvalue weighted by Gasteiger charge is 2.13. The minimum atomic E-state index is -0.304. The van der Waals surface area contributed by atoms with E-state index in [1.54, 1.807) is 18.2 Å². The van der Waals surface area contributed by atoms with Gasteiger partial charge in [-0.15, -0.1) is 0 Å². The number of hydrogen-bond acceptors (Lipinski definition) is 5. The molecule has 1 amide bonds. The van der Waals surface area contributed by atoms with Crippen molar-refractivity contribution in [3.63, 3.8) is 0 Å². The van der Waals surface area contributed by atoms with E-state index in [9.17, 15) is 4.79 Å². The highest BCUT2D eigenvalue weighted by atomic mass is 32.1. The number of carbonyl (C=O) groups is 1. The lowest BCUT2D eigenvalue weighted by Crippen LogP contribution is -2.34. The topological polar surface area (TPSA) is 76.4 Å². The van der Waals surface area contributed by atoms with Crippen molar-refractivity contribution in [1.29, 1.82) is 0 Å². The van der Waals surface area contributed by atoms with E-state index in [0.717, 1.165) is 35.2 Å². The van der Waals surface area contributed by atoms with E-state index >= 15 is 0 Å². The Morgan fingerprint density at radius 1 is 1.03 bits per heavy atom. The molecule has 0 spiro atoms. The summed E-state index contributed by atoms with van der Waals surface area (Å²) in [5, 5.41) is 5.97. The van der Waals surface area contributed by atoms with Gasteiger partial charge in [-0.2, -0.15) is 0 Å². The molecule has 4 rings (SSSR count). The van der Waals surface area contributed by atoms with Gasteiger partial charge in [0.25, 0.3) is 5.91 Å². The predicted molar refractivity (Wildman–Crippen MR) is 149 cm³/mol. The number of anilines is 1. The molecule has 0 aliphatic heterocycles. The zero-order valence-corrected chi connectivity index (χ0v) is 21.8. The fourth-order valence-corrected chi connectivity index (χ4v) is 3.88. The molecule has 0 aliphatic rings. The first-order valence-corrected chi connectivity index (χ1v) is 12.7. The van der Waals surface area contributed by atoms with Crippen molar-refractivity contribution in [3.8, 4) is 17.2 Å². The average molecular weight is 502 g/mol. The van der Waals surface area contributed by atoms with Crippen molar-refractivity contribution in [3.05, 3.63) is 77.9 Å². The van der Waals surface area contributed by atoms with E-state index in [0.29, 0.717) is 23.1 Å². The number of rotatable bonds is 8. The number of nitrogens with one attached hydrogen (secondary N) is 2. The molecular weight excluding hydrogens is 470 g/mol. The number of nitrogens with zero attached hydrogens (tertiary/aromatic N) is 1. The molecule has 0 bridgehead atoms. The number of carbonyl (C=O) groups excluding carboxylic acids is 1. The zero-order chi connectivity index (χ0) is 25.7. The van der Waals surface area contributed by atoms with E-state index in [4.69, 9.17) is 21.4 Å². The average Bonchev–Trinajstić information content (AvgIpc) is 3.32. The highest BCUT2D eigenvalue weighted by Crippen LogP contribution is 2.28. The van der Waals surface area contributed by atoms with Crippen LogP contribution in [0.2, 0.25) is 0 Å². The monoisotopic (exact) mass is 501 g/mol. The number of fused-ring (bicyclic) bond motifs is 1. The molecule has 7 heteroatoms. The largest absolute Gasteiger partial charge is 0.491 e. The number of ether oxygens (including phenoxy) is 1. The molecule has 2 atom stereocenters. The first-order chi connectivity index (χ1) is 17.4. The first-order valence-electron chi connectivity index (χ1n) is 12.3. The third kappa shape index (κ3) is 6.10. The Labute approximate surface area is 217 Å². The summed E-state index contributed by atoms with van der Waals surface area (Å²) in [5.41, 5.74) is 4.95. The van der Waals surface area contributed by atoms with Gasteiger partial charge in [-0.05, 0) is 98.1 Å². The van der Waals surface area contributed by atoms with Crippen LogP contribution in [0.4, 0.5) is 5.69 Å². The van der Waals surface area contributed by atoms with Crippen molar-refractivity contribution >= 4 is 40.0 Å². The van der Waals surface area contributed by atoms with Crippen molar-refractivity contribution in [1.82, 2.24) is 10.3 Å². The third-order valence-electron chi connectivity index (χ3n) is 6.22. The lowest BCUT2D eigenvalue weighted by Gasteiger charge is -2.14. The second-order valence-corrected chi connectivity index (χ2v) is 9.31. The molecule has 0 aliphatic carbocycles. The maximum absolute atomic E-state index is 12.6. The summed E-state index contributed by atoms with van der Waals surface area (Å²) in [6, 6.07) is 20.8. The zero-order valence-electron chi connectivity index (χ0n) is 21.0. The van der Waals surface area contributed by atoms with Gasteiger partial charge in [0.2, 0.25) is 5.89 Å². The lowest BCUT2D eigenvalue weighted by atomic mass is 9.98. The lowest BCUT2D eigenvalue weighted by molar-refractivity contribution is 0.0977. The molecule has 1 heterocycles. The molecule has 4 aromatic rings. The van der Waals surface area contributed by atoms with Crippen LogP contribution in [0, 0.1) is 0 Å².